The molecular weight excluding hydrogens is 286 g/mol. The van der Waals surface area contributed by atoms with Gasteiger partial charge in [0.15, 0.2) is 0 Å². The summed E-state index contributed by atoms with van der Waals surface area (Å²) < 4.78 is 10.3. The van der Waals surface area contributed by atoms with Gasteiger partial charge in [-0.05, 0) is 49.2 Å². The number of hydrogen-bond donors (Lipinski definition) is 0. The number of aromatic nitrogens is 1. The number of hydrogen-bond acceptors (Lipinski definition) is 5. The quantitative estimate of drug-likeness (QED) is 0.627. The number of carbonyl (C=O) groups is 1. The fourth-order valence-electron chi connectivity index (χ4n) is 1.84. The van der Waals surface area contributed by atoms with Gasteiger partial charge in [0.1, 0.15) is 17.4 Å². The van der Waals surface area contributed by atoms with Gasteiger partial charge in [0.2, 0.25) is 0 Å². The first-order valence-corrected chi connectivity index (χ1v) is 7.31. The van der Waals surface area contributed by atoms with Gasteiger partial charge in [-0.25, -0.2) is 9.78 Å². The lowest BCUT2D eigenvalue weighted by molar-refractivity contribution is 0.168. The Morgan fingerprint density at radius 2 is 1.90 bits per heavy atom. The summed E-state index contributed by atoms with van der Waals surface area (Å²) in [5.41, 5.74) is 2.88. The minimum atomic E-state index is -0.358. The van der Waals surface area contributed by atoms with Gasteiger partial charge in [-0.2, -0.15) is 0 Å². The van der Waals surface area contributed by atoms with Crippen molar-refractivity contribution in [2.24, 2.45) is 0 Å². The smallest absolute Gasteiger partial charge is 0.373 e. The Hall–Kier alpha value is -2.01. The molecule has 110 valence electrons. The first-order chi connectivity index (χ1) is 10.1. The van der Waals surface area contributed by atoms with Gasteiger partial charge in [-0.3, -0.25) is 0 Å². The van der Waals surface area contributed by atoms with E-state index in [0.717, 1.165) is 34.3 Å². The van der Waals surface area contributed by atoms with Crippen molar-refractivity contribution in [2.75, 3.05) is 7.11 Å². The molecule has 0 amide bonds. The lowest BCUT2D eigenvalue weighted by Crippen LogP contribution is -1.99. The van der Waals surface area contributed by atoms with Crippen molar-refractivity contribution < 1.29 is 14.3 Å². The van der Waals surface area contributed by atoms with Crippen LogP contribution in [-0.4, -0.2) is 17.4 Å². The van der Waals surface area contributed by atoms with Crippen molar-refractivity contribution >= 4 is 17.1 Å². The van der Waals surface area contributed by atoms with Crippen LogP contribution in [0.25, 0.3) is 0 Å². The maximum Gasteiger partial charge on any atom is 0.373 e. The van der Waals surface area contributed by atoms with Crippen LogP contribution >= 0.6 is 11.8 Å². The molecule has 0 radical (unpaired) electrons. The van der Waals surface area contributed by atoms with E-state index >= 15 is 0 Å². The fourth-order valence-corrected chi connectivity index (χ4v) is 2.56. The molecule has 0 aliphatic carbocycles. The molecule has 21 heavy (non-hydrogen) atoms. The van der Waals surface area contributed by atoms with E-state index in [-0.39, 0.29) is 11.9 Å². The number of ether oxygens (including phenoxy) is 2. The lowest BCUT2D eigenvalue weighted by Gasteiger charge is -2.06. The molecule has 4 nitrogen and oxygen atoms in total. The zero-order chi connectivity index (χ0) is 15.2. The van der Waals surface area contributed by atoms with Gasteiger partial charge in [-0.1, -0.05) is 12.1 Å². The molecule has 2 rings (SSSR count). The standard InChI is InChI=1S/C16H17NO3S/c1-11-8-12(2)17-15(9-11)21-16(18)20-10-13-4-6-14(19-3)7-5-13/h4-9H,10H2,1-3H3. The molecule has 0 aliphatic heterocycles. The highest BCUT2D eigenvalue weighted by atomic mass is 32.2. The van der Waals surface area contributed by atoms with E-state index in [9.17, 15) is 4.79 Å². The predicted octanol–water partition coefficient (Wildman–Crippen LogP) is 4.14. The van der Waals surface area contributed by atoms with Crippen molar-refractivity contribution in [1.29, 1.82) is 0 Å². The van der Waals surface area contributed by atoms with Gasteiger partial charge in [0, 0.05) is 17.5 Å². The van der Waals surface area contributed by atoms with Crippen molar-refractivity contribution in [1.82, 2.24) is 4.98 Å². The molecule has 1 aromatic carbocycles. The monoisotopic (exact) mass is 303 g/mol. The van der Waals surface area contributed by atoms with E-state index in [1.54, 1.807) is 7.11 Å². The highest BCUT2D eigenvalue weighted by molar-refractivity contribution is 8.13. The van der Waals surface area contributed by atoms with Gasteiger partial charge in [0.25, 0.3) is 0 Å². The van der Waals surface area contributed by atoms with Crippen LogP contribution in [-0.2, 0) is 11.3 Å². The second kappa shape index (κ2) is 7.13. The van der Waals surface area contributed by atoms with Gasteiger partial charge in [0.05, 0.1) is 7.11 Å². The van der Waals surface area contributed by atoms with Crippen LogP contribution in [0, 0.1) is 13.8 Å². The van der Waals surface area contributed by atoms with E-state index in [4.69, 9.17) is 9.47 Å². The topological polar surface area (TPSA) is 48.4 Å². The van der Waals surface area contributed by atoms with Gasteiger partial charge >= 0.3 is 5.30 Å². The van der Waals surface area contributed by atoms with Crippen LogP contribution in [0.1, 0.15) is 16.8 Å². The molecule has 0 fully saturated rings. The maximum absolute atomic E-state index is 11.8. The summed E-state index contributed by atoms with van der Waals surface area (Å²) in [6.07, 6.45) is 0. The average Bonchev–Trinajstić information content (AvgIpc) is 2.44. The summed E-state index contributed by atoms with van der Waals surface area (Å²) in [5, 5.41) is 0.301. The molecule has 0 atom stereocenters. The zero-order valence-electron chi connectivity index (χ0n) is 12.3. The lowest BCUT2D eigenvalue weighted by atomic mass is 10.2. The number of methoxy groups -OCH3 is 1. The van der Waals surface area contributed by atoms with Gasteiger partial charge < -0.3 is 9.47 Å². The molecule has 0 spiro atoms. The van der Waals surface area contributed by atoms with E-state index in [1.807, 2.05) is 50.2 Å². The summed E-state index contributed by atoms with van der Waals surface area (Å²) in [5.74, 6) is 0.777. The molecule has 2 aromatic rings. The minimum Gasteiger partial charge on any atom is -0.497 e. The van der Waals surface area contributed by atoms with Crippen LogP contribution in [0.5, 0.6) is 5.75 Å². The van der Waals surface area contributed by atoms with E-state index in [1.165, 1.54) is 0 Å². The predicted molar refractivity (Wildman–Crippen MR) is 82.7 cm³/mol. The highest BCUT2D eigenvalue weighted by Gasteiger charge is 2.08. The van der Waals surface area contributed by atoms with Crippen LogP contribution in [0.2, 0.25) is 0 Å². The maximum atomic E-state index is 11.8. The third-order valence-electron chi connectivity index (χ3n) is 2.78. The molecule has 0 unspecified atom stereocenters. The minimum absolute atomic E-state index is 0.237. The van der Waals surface area contributed by atoms with Crippen molar-refractivity contribution in [2.45, 2.75) is 25.5 Å². The second-order valence-corrected chi connectivity index (χ2v) is 5.57. The third-order valence-corrected chi connectivity index (χ3v) is 3.48. The van der Waals surface area contributed by atoms with E-state index in [2.05, 4.69) is 4.98 Å². The zero-order valence-corrected chi connectivity index (χ0v) is 13.1. The van der Waals surface area contributed by atoms with Crippen LogP contribution < -0.4 is 4.74 Å². The Kier molecular flexibility index (Phi) is 5.22. The van der Waals surface area contributed by atoms with Gasteiger partial charge in [-0.15, -0.1) is 0 Å². The largest absolute Gasteiger partial charge is 0.497 e. The molecule has 0 saturated carbocycles. The summed E-state index contributed by atoms with van der Waals surface area (Å²) in [6, 6.07) is 11.2. The Morgan fingerprint density at radius 1 is 1.19 bits per heavy atom. The number of benzene rings is 1. The summed E-state index contributed by atoms with van der Waals surface area (Å²) in [6.45, 7) is 4.11. The van der Waals surface area contributed by atoms with Crippen LogP contribution in [0.4, 0.5) is 4.79 Å². The van der Waals surface area contributed by atoms with E-state index in [0.29, 0.717) is 5.03 Å². The molecule has 0 aliphatic rings. The molecule has 0 bridgehead atoms. The third kappa shape index (κ3) is 4.79. The number of rotatable bonds is 4. The fraction of sp³-hybridized carbons (Fsp3) is 0.250. The average molecular weight is 303 g/mol. The van der Waals surface area contributed by atoms with Crippen molar-refractivity contribution in [3.05, 3.63) is 53.2 Å². The summed E-state index contributed by atoms with van der Waals surface area (Å²) in [4.78, 5) is 16.1. The van der Waals surface area contributed by atoms with Crippen LogP contribution in [0.3, 0.4) is 0 Å². The number of carbonyl (C=O) groups excluding carboxylic acids is 1. The molecule has 0 saturated heterocycles. The second-order valence-electron chi connectivity index (χ2n) is 4.61. The Labute approximate surface area is 128 Å². The number of aryl methyl sites for hydroxylation is 2. The van der Waals surface area contributed by atoms with Crippen LogP contribution in [0.15, 0.2) is 41.4 Å². The Bertz CT molecular complexity index is 606. The first kappa shape index (κ1) is 15.4. The normalized spacial score (nSPS) is 10.2. The number of pyridine rings is 1. The molecule has 0 N–H and O–H groups in total. The Balaban J connectivity index is 1.89. The Morgan fingerprint density at radius 3 is 2.52 bits per heavy atom. The highest BCUT2D eigenvalue weighted by Crippen LogP contribution is 2.21. The molecule has 1 aromatic heterocycles. The summed E-state index contributed by atoms with van der Waals surface area (Å²) in [7, 11) is 1.61. The molecular formula is C16H17NO3S. The first-order valence-electron chi connectivity index (χ1n) is 6.49. The molecule has 5 heteroatoms. The summed E-state index contributed by atoms with van der Waals surface area (Å²) >= 11 is 1.00. The van der Waals surface area contributed by atoms with Crippen molar-refractivity contribution in [3.8, 4) is 5.75 Å². The van der Waals surface area contributed by atoms with Crippen molar-refractivity contribution in [3.63, 3.8) is 0 Å². The van der Waals surface area contributed by atoms with E-state index < -0.39 is 0 Å². The molecule has 1 heterocycles. The SMILES string of the molecule is COc1ccc(COC(=O)Sc2cc(C)cc(C)n2)cc1. The number of nitrogens with zero attached hydrogens (tertiary/aromatic N) is 1. The number of thioether (sulfide) groups is 1.